The average Bonchev–Trinajstić information content (AvgIpc) is 2.50. The fourth-order valence-corrected chi connectivity index (χ4v) is 2.47. The normalized spacial score (nSPS) is 12.0. The summed E-state index contributed by atoms with van der Waals surface area (Å²) in [6, 6.07) is 11.4. The summed E-state index contributed by atoms with van der Waals surface area (Å²) in [7, 11) is 3.23. The highest BCUT2D eigenvalue weighted by Gasteiger charge is 2.18. The second-order valence-corrected chi connectivity index (χ2v) is 5.15. The highest BCUT2D eigenvalue weighted by molar-refractivity contribution is 6.32. The van der Waals surface area contributed by atoms with Crippen LogP contribution in [0.15, 0.2) is 36.4 Å². The Bertz CT molecular complexity index is 632. The van der Waals surface area contributed by atoms with Crippen molar-refractivity contribution in [2.75, 3.05) is 14.2 Å². The molecule has 112 valence electrons. The third-order valence-corrected chi connectivity index (χ3v) is 3.69. The van der Waals surface area contributed by atoms with Gasteiger partial charge in [-0.1, -0.05) is 29.8 Å². The van der Waals surface area contributed by atoms with E-state index in [4.69, 9.17) is 26.9 Å². The summed E-state index contributed by atoms with van der Waals surface area (Å²) in [5.74, 6) is 7.14. The SMILES string of the molecule is COc1cc(C(NN)c2ccc(C)cc2OC)ccc1Cl. The average molecular weight is 307 g/mol. The minimum atomic E-state index is -0.216. The molecule has 0 saturated carbocycles. The second kappa shape index (κ2) is 6.80. The van der Waals surface area contributed by atoms with E-state index in [9.17, 15) is 0 Å². The number of hydrazine groups is 1. The number of halogens is 1. The van der Waals surface area contributed by atoms with E-state index in [1.54, 1.807) is 20.3 Å². The molecule has 0 aliphatic rings. The number of ether oxygens (including phenoxy) is 2. The molecule has 0 bridgehead atoms. The number of hydrogen-bond donors (Lipinski definition) is 2. The summed E-state index contributed by atoms with van der Waals surface area (Å²) in [6.45, 7) is 2.02. The van der Waals surface area contributed by atoms with Crippen molar-refractivity contribution in [3.05, 3.63) is 58.1 Å². The van der Waals surface area contributed by atoms with Gasteiger partial charge in [0.1, 0.15) is 11.5 Å². The first-order valence-electron chi connectivity index (χ1n) is 6.54. The number of aryl methyl sites for hydroxylation is 1. The zero-order chi connectivity index (χ0) is 15.4. The number of methoxy groups -OCH3 is 2. The molecule has 1 atom stereocenters. The van der Waals surface area contributed by atoms with E-state index in [1.807, 2.05) is 37.3 Å². The second-order valence-electron chi connectivity index (χ2n) is 4.74. The standard InChI is InChI=1S/C16H19ClN2O2/c1-10-4-6-12(14(8-10)20-2)16(19-18)11-5-7-13(17)15(9-11)21-3/h4-9,16,19H,18H2,1-3H3. The maximum atomic E-state index is 6.07. The van der Waals surface area contributed by atoms with Crippen LogP contribution >= 0.6 is 11.6 Å². The summed E-state index contributed by atoms with van der Waals surface area (Å²) in [6.07, 6.45) is 0. The fraction of sp³-hybridized carbons (Fsp3) is 0.250. The van der Waals surface area contributed by atoms with E-state index in [-0.39, 0.29) is 6.04 Å². The van der Waals surface area contributed by atoms with Crippen LogP contribution in [0.25, 0.3) is 0 Å². The third kappa shape index (κ3) is 3.29. The quantitative estimate of drug-likeness (QED) is 0.658. The van der Waals surface area contributed by atoms with E-state index < -0.39 is 0 Å². The van der Waals surface area contributed by atoms with E-state index in [1.165, 1.54) is 0 Å². The van der Waals surface area contributed by atoms with Gasteiger partial charge >= 0.3 is 0 Å². The summed E-state index contributed by atoms with van der Waals surface area (Å²) < 4.78 is 10.7. The van der Waals surface area contributed by atoms with Crippen LogP contribution in [0.5, 0.6) is 11.5 Å². The monoisotopic (exact) mass is 306 g/mol. The number of nitrogens with two attached hydrogens (primary N) is 1. The zero-order valence-electron chi connectivity index (χ0n) is 12.3. The van der Waals surface area contributed by atoms with Crippen molar-refractivity contribution in [3.63, 3.8) is 0 Å². The summed E-state index contributed by atoms with van der Waals surface area (Å²) in [5.41, 5.74) is 5.84. The Morgan fingerprint density at radius 2 is 1.76 bits per heavy atom. The lowest BCUT2D eigenvalue weighted by Gasteiger charge is -2.20. The van der Waals surface area contributed by atoms with Crippen LogP contribution in [0.1, 0.15) is 22.7 Å². The number of nitrogens with one attached hydrogen (secondary N) is 1. The highest BCUT2D eigenvalue weighted by Crippen LogP contribution is 2.34. The Balaban J connectivity index is 2.49. The van der Waals surface area contributed by atoms with Crippen molar-refractivity contribution in [2.24, 2.45) is 5.84 Å². The smallest absolute Gasteiger partial charge is 0.137 e. The predicted octanol–water partition coefficient (Wildman–Crippen LogP) is 3.22. The van der Waals surface area contributed by atoms with Crippen LogP contribution in [0.3, 0.4) is 0 Å². The topological polar surface area (TPSA) is 56.5 Å². The molecule has 0 aliphatic carbocycles. The van der Waals surface area contributed by atoms with Gasteiger partial charge in [-0.25, -0.2) is 5.43 Å². The molecule has 0 amide bonds. The maximum absolute atomic E-state index is 6.07. The molecule has 0 heterocycles. The molecule has 4 nitrogen and oxygen atoms in total. The molecule has 0 saturated heterocycles. The molecular weight excluding hydrogens is 288 g/mol. The predicted molar refractivity (Wildman–Crippen MR) is 84.9 cm³/mol. The first-order chi connectivity index (χ1) is 10.1. The van der Waals surface area contributed by atoms with Crippen LogP contribution < -0.4 is 20.7 Å². The molecule has 0 spiro atoms. The van der Waals surface area contributed by atoms with Crippen LogP contribution in [-0.2, 0) is 0 Å². The lowest BCUT2D eigenvalue weighted by atomic mass is 9.97. The van der Waals surface area contributed by atoms with Gasteiger partial charge < -0.3 is 9.47 Å². The highest BCUT2D eigenvalue weighted by atomic mass is 35.5. The van der Waals surface area contributed by atoms with Gasteiger partial charge in [0.2, 0.25) is 0 Å². The van der Waals surface area contributed by atoms with Crippen LogP contribution in [0.4, 0.5) is 0 Å². The summed E-state index contributed by atoms with van der Waals surface area (Å²) in [4.78, 5) is 0. The number of rotatable bonds is 5. The molecule has 2 aromatic carbocycles. The van der Waals surface area contributed by atoms with Crippen molar-refractivity contribution in [1.29, 1.82) is 0 Å². The summed E-state index contributed by atoms with van der Waals surface area (Å²) >= 11 is 6.07. The largest absolute Gasteiger partial charge is 0.496 e. The minimum absolute atomic E-state index is 0.216. The Morgan fingerprint density at radius 3 is 2.38 bits per heavy atom. The van der Waals surface area contributed by atoms with Crippen LogP contribution in [-0.4, -0.2) is 14.2 Å². The van der Waals surface area contributed by atoms with Crippen LogP contribution in [0.2, 0.25) is 5.02 Å². The Labute approximate surface area is 129 Å². The molecule has 1 unspecified atom stereocenters. The lowest BCUT2D eigenvalue weighted by molar-refractivity contribution is 0.402. The Kier molecular flexibility index (Phi) is 5.07. The van der Waals surface area contributed by atoms with Gasteiger partial charge in [0.15, 0.2) is 0 Å². The van der Waals surface area contributed by atoms with E-state index in [0.717, 1.165) is 22.4 Å². The minimum Gasteiger partial charge on any atom is -0.496 e. The van der Waals surface area contributed by atoms with Crippen molar-refractivity contribution < 1.29 is 9.47 Å². The molecule has 2 aromatic rings. The maximum Gasteiger partial charge on any atom is 0.137 e. The van der Waals surface area contributed by atoms with Gasteiger partial charge in [-0.2, -0.15) is 0 Å². The van der Waals surface area contributed by atoms with E-state index in [0.29, 0.717) is 10.8 Å². The zero-order valence-corrected chi connectivity index (χ0v) is 13.1. The van der Waals surface area contributed by atoms with Crippen molar-refractivity contribution in [2.45, 2.75) is 13.0 Å². The van der Waals surface area contributed by atoms with Gasteiger partial charge in [-0.05, 0) is 36.2 Å². The molecule has 0 aromatic heterocycles. The van der Waals surface area contributed by atoms with Crippen molar-refractivity contribution in [1.82, 2.24) is 5.43 Å². The first kappa shape index (κ1) is 15.6. The molecule has 21 heavy (non-hydrogen) atoms. The number of hydrogen-bond acceptors (Lipinski definition) is 4. The van der Waals surface area contributed by atoms with Crippen molar-refractivity contribution in [3.8, 4) is 11.5 Å². The molecule has 0 radical (unpaired) electrons. The number of benzene rings is 2. The third-order valence-electron chi connectivity index (χ3n) is 3.38. The lowest BCUT2D eigenvalue weighted by Crippen LogP contribution is -2.29. The molecule has 5 heteroatoms. The fourth-order valence-electron chi connectivity index (χ4n) is 2.28. The molecule has 3 N–H and O–H groups in total. The van der Waals surface area contributed by atoms with Gasteiger partial charge in [-0.15, -0.1) is 0 Å². The Hall–Kier alpha value is -1.75. The van der Waals surface area contributed by atoms with Crippen molar-refractivity contribution >= 4 is 11.6 Å². The van der Waals surface area contributed by atoms with E-state index >= 15 is 0 Å². The Morgan fingerprint density at radius 1 is 1.05 bits per heavy atom. The molecular formula is C16H19ClN2O2. The van der Waals surface area contributed by atoms with Gasteiger partial charge in [0, 0.05) is 5.56 Å². The summed E-state index contributed by atoms with van der Waals surface area (Å²) in [5, 5.41) is 0.563. The molecule has 2 rings (SSSR count). The molecule has 0 aliphatic heterocycles. The first-order valence-corrected chi connectivity index (χ1v) is 6.92. The van der Waals surface area contributed by atoms with Gasteiger partial charge in [-0.3, -0.25) is 5.84 Å². The van der Waals surface area contributed by atoms with Gasteiger partial charge in [0.25, 0.3) is 0 Å². The van der Waals surface area contributed by atoms with Gasteiger partial charge in [0.05, 0.1) is 25.3 Å². The van der Waals surface area contributed by atoms with E-state index in [2.05, 4.69) is 5.43 Å². The van der Waals surface area contributed by atoms with Crippen LogP contribution in [0, 0.1) is 6.92 Å². The molecule has 0 fully saturated rings.